The van der Waals surface area contributed by atoms with E-state index in [9.17, 15) is 14.4 Å². The monoisotopic (exact) mass is 779 g/mol. The largest absolute Gasteiger partial charge is 0.462 e. The van der Waals surface area contributed by atoms with E-state index in [4.69, 9.17) is 14.2 Å². The van der Waals surface area contributed by atoms with Crippen molar-refractivity contribution in [1.82, 2.24) is 0 Å². The summed E-state index contributed by atoms with van der Waals surface area (Å²) in [4.78, 5) is 37.8. The van der Waals surface area contributed by atoms with E-state index in [1.807, 2.05) is 0 Å². The van der Waals surface area contributed by atoms with Crippen LogP contribution in [0.15, 0.2) is 0 Å². The van der Waals surface area contributed by atoms with Gasteiger partial charge in [-0.2, -0.15) is 0 Å². The number of unbranched alkanes of at least 4 members (excludes halogenated alkanes) is 31. The molecule has 0 aliphatic carbocycles. The second-order valence-electron chi connectivity index (χ2n) is 17.2. The highest BCUT2D eigenvalue weighted by atomic mass is 16.6. The van der Waals surface area contributed by atoms with E-state index in [2.05, 4.69) is 27.7 Å². The lowest BCUT2D eigenvalue weighted by Gasteiger charge is -2.18. The molecule has 0 heterocycles. The molecule has 0 rings (SSSR count). The Hall–Kier alpha value is -1.59. The minimum Gasteiger partial charge on any atom is -0.462 e. The van der Waals surface area contributed by atoms with E-state index >= 15 is 0 Å². The van der Waals surface area contributed by atoms with Gasteiger partial charge in [-0.1, -0.05) is 233 Å². The zero-order valence-corrected chi connectivity index (χ0v) is 37.4. The molecule has 55 heavy (non-hydrogen) atoms. The Morgan fingerprint density at radius 1 is 0.345 bits per heavy atom. The van der Waals surface area contributed by atoms with Crippen molar-refractivity contribution in [3.05, 3.63) is 0 Å². The van der Waals surface area contributed by atoms with E-state index in [1.165, 1.54) is 167 Å². The fourth-order valence-electron chi connectivity index (χ4n) is 7.33. The average Bonchev–Trinajstić information content (AvgIpc) is 3.17. The van der Waals surface area contributed by atoms with E-state index in [0.29, 0.717) is 19.3 Å². The molecule has 326 valence electrons. The topological polar surface area (TPSA) is 78.9 Å². The first-order valence-corrected chi connectivity index (χ1v) is 24.4. The van der Waals surface area contributed by atoms with Crippen LogP contribution < -0.4 is 0 Å². The first-order valence-electron chi connectivity index (χ1n) is 24.4. The Kier molecular flexibility index (Phi) is 42.3. The molecule has 0 fully saturated rings. The predicted molar refractivity (Wildman–Crippen MR) is 233 cm³/mol. The van der Waals surface area contributed by atoms with Gasteiger partial charge in [-0.3, -0.25) is 14.4 Å². The predicted octanol–water partition coefficient (Wildman–Crippen LogP) is 15.5. The highest BCUT2D eigenvalue weighted by Crippen LogP contribution is 2.16. The van der Waals surface area contributed by atoms with Crippen LogP contribution in [0.5, 0.6) is 0 Å². The standard InChI is InChI=1S/C49H94O6/c1-5-7-9-11-13-15-17-19-21-23-25-29-33-37-41-48(51)54-44-46(55-49(52)42-38-34-30-26-27-31-35-39-45(3)4)43-53-47(50)40-36-32-28-24-22-20-18-16-14-12-10-8-6-2/h45-46H,5-44H2,1-4H3/t46-/m1/s1. The minimum atomic E-state index is -0.760. The van der Waals surface area contributed by atoms with Crippen molar-refractivity contribution in [2.45, 2.75) is 278 Å². The summed E-state index contributed by atoms with van der Waals surface area (Å²) < 4.78 is 16.7. The summed E-state index contributed by atoms with van der Waals surface area (Å²) >= 11 is 0. The van der Waals surface area contributed by atoms with E-state index in [1.54, 1.807) is 0 Å². The summed E-state index contributed by atoms with van der Waals surface area (Å²) in [5, 5.41) is 0. The van der Waals surface area contributed by atoms with Gasteiger partial charge < -0.3 is 14.2 Å². The smallest absolute Gasteiger partial charge is 0.306 e. The van der Waals surface area contributed by atoms with Crippen LogP contribution in [-0.2, 0) is 28.6 Å². The quantitative estimate of drug-likeness (QED) is 0.0348. The van der Waals surface area contributed by atoms with Gasteiger partial charge in [0.1, 0.15) is 13.2 Å². The zero-order chi connectivity index (χ0) is 40.3. The van der Waals surface area contributed by atoms with Crippen LogP contribution in [-0.4, -0.2) is 37.2 Å². The van der Waals surface area contributed by atoms with Crippen LogP contribution in [0.25, 0.3) is 0 Å². The third-order valence-corrected chi connectivity index (χ3v) is 11.0. The maximum absolute atomic E-state index is 12.7. The molecule has 0 aromatic carbocycles. The van der Waals surface area contributed by atoms with Crippen LogP contribution >= 0.6 is 0 Å². The maximum Gasteiger partial charge on any atom is 0.306 e. The summed E-state index contributed by atoms with van der Waals surface area (Å²) in [6.45, 7) is 8.96. The van der Waals surface area contributed by atoms with Gasteiger partial charge in [0.15, 0.2) is 6.10 Å². The van der Waals surface area contributed by atoms with Crippen molar-refractivity contribution in [2.24, 2.45) is 5.92 Å². The molecule has 1 atom stereocenters. The molecule has 6 nitrogen and oxygen atoms in total. The molecular weight excluding hydrogens is 685 g/mol. The van der Waals surface area contributed by atoms with Gasteiger partial charge >= 0.3 is 17.9 Å². The number of esters is 3. The molecule has 0 aromatic rings. The van der Waals surface area contributed by atoms with E-state index in [-0.39, 0.29) is 31.1 Å². The average molecular weight is 779 g/mol. The normalized spacial score (nSPS) is 11.9. The fraction of sp³-hybridized carbons (Fsp3) is 0.939. The Balaban J connectivity index is 4.29. The van der Waals surface area contributed by atoms with Crippen molar-refractivity contribution in [3.63, 3.8) is 0 Å². The van der Waals surface area contributed by atoms with Gasteiger partial charge in [0.2, 0.25) is 0 Å². The Morgan fingerprint density at radius 3 is 0.891 bits per heavy atom. The van der Waals surface area contributed by atoms with Crippen molar-refractivity contribution < 1.29 is 28.6 Å². The number of carbonyl (C=O) groups excluding carboxylic acids is 3. The molecular formula is C49H94O6. The SMILES string of the molecule is CCCCCCCCCCCCCCCCC(=O)OC[C@@H](COC(=O)CCCCCCCCCCCCCCC)OC(=O)CCCCCCCCCC(C)C. The summed E-state index contributed by atoms with van der Waals surface area (Å²) in [6.07, 6.45) is 43.8. The molecule has 0 aromatic heterocycles. The second-order valence-corrected chi connectivity index (χ2v) is 17.2. The van der Waals surface area contributed by atoms with Crippen molar-refractivity contribution >= 4 is 17.9 Å². The minimum absolute atomic E-state index is 0.0639. The number of hydrogen-bond acceptors (Lipinski definition) is 6. The summed E-state index contributed by atoms with van der Waals surface area (Å²) in [5.74, 6) is -0.0738. The molecule has 0 aliphatic rings. The Labute approximate surface area is 342 Å². The summed E-state index contributed by atoms with van der Waals surface area (Å²) in [6, 6.07) is 0. The van der Waals surface area contributed by atoms with Gasteiger partial charge in [0, 0.05) is 19.3 Å². The highest BCUT2D eigenvalue weighted by Gasteiger charge is 2.19. The first-order chi connectivity index (χ1) is 26.9. The van der Waals surface area contributed by atoms with Crippen LogP contribution in [0, 0.1) is 5.92 Å². The van der Waals surface area contributed by atoms with Gasteiger partial charge in [-0.25, -0.2) is 0 Å². The first kappa shape index (κ1) is 53.4. The van der Waals surface area contributed by atoms with E-state index < -0.39 is 6.10 Å². The van der Waals surface area contributed by atoms with Crippen LogP contribution in [0.4, 0.5) is 0 Å². The Bertz CT molecular complexity index is 826. The molecule has 0 spiro atoms. The number of hydrogen-bond donors (Lipinski definition) is 0. The fourth-order valence-corrected chi connectivity index (χ4v) is 7.33. The van der Waals surface area contributed by atoms with Gasteiger partial charge in [-0.15, -0.1) is 0 Å². The second kappa shape index (κ2) is 43.5. The molecule has 0 bridgehead atoms. The van der Waals surface area contributed by atoms with E-state index in [0.717, 1.165) is 63.7 Å². The summed E-state index contributed by atoms with van der Waals surface area (Å²) in [5.41, 5.74) is 0. The Morgan fingerprint density at radius 2 is 0.600 bits per heavy atom. The summed E-state index contributed by atoms with van der Waals surface area (Å²) in [7, 11) is 0. The van der Waals surface area contributed by atoms with Gasteiger partial charge in [0.25, 0.3) is 0 Å². The molecule has 0 saturated carbocycles. The van der Waals surface area contributed by atoms with Gasteiger partial charge in [0.05, 0.1) is 0 Å². The molecule has 0 aliphatic heterocycles. The van der Waals surface area contributed by atoms with Crippen molar-refractivity contribution in [1.29, 1.82) is 0 Å². The van der Waals surface area contributed by atoms with Gasteiger partial charge in [-0.05, 0) is 25.2 Å². The molecule has 0 saturated heterocycles. The lowest BCUT2D eigenvalue weighted by molar-refractivity contribution is -0.167. The lowest BCUT2D eigenvalue weighted by atomic mass is 10.0. The maximum atomic E-state index is 12.7. The molecule has 0 radical (unpaired) electrons. The molecule has 6 heteroatoms. The number of carbonyl (C=O) groups is 3. The van der Waals surface area contributed by atoms with Crippen LogP contribution in [0.3, 0.4) is 0 Å². The number of rotatable bonds is 44. The highest BCUT2D eigenvalue weighted by molar-refractivity contribution is 5.71. The lowest BCUT2D eigenvalue weighted by Crippen LogP contribution is -2.30. The van der Waals surface area contributed by atoms with Crippen LogP contribution in [0.2, 0.25) is 0 Å². The molecule has 0 N–H and O–H groups in total. The van der Waals surface area contributed by atoms with Crippen molar-refractivity contribution in [2.75, 3.05) is 13.2 Å². The third kappa shape index (κ3) is 43.4. The molecule has 0 amide bonds. The number of ether oxygens (including phenoxy) is 3. The molecule has 0 unspecified atom stereocenters. The third-order valence-electron chi connectivity index (χ3n) is 11.0. The van der Waals surface area contributed by atoms with Crippen LogP contribution in [0.1, 0.15) is 272 Å². The zero-order valence-electron chi connectivity index (χ0n) is 37.4. The van der Waals surface area contributed by atoms with Crippen molar-refractivity contribution in [3.8, 4) is 0 Å².